The van der Waals surface area contributed by atoms with E-state index in [9.17, 15) is 4.79 Å². The van der Waals surface area contributed by atoms with Crippen LogP contribution in [-0.4, -0.2) is 12.5 Å². The van der Waals surface area contributed by atoms with Gasteiger partial charge in [-0.1, -0.05) is 45.0 Å². The smallest absolute Gasteiger partial charge is 0.226 e. The Kier molecular flexibility index (Phi) is 6.21. The number of nitrogens with one attached hydrogen (secondary N) is 2. The molecule has 0 aromatic heterocycles. The van der Waals surface area contributed by atoms with Crippen molar-refractivity contribution in [3.05, 3.63) is 59.7 Å². The predicted molar refractivity (Wildman–Crippen MR) is 98.1 cm³/mol. The zero-order valence-electron chi connectivity index (χ0n) is 14.2. The van der Waals surface area contributed by atoms with Crippen LogP contribution < -0.4 is 10.6 Å². The molecule has 0 spiro atoms. The standard InChI is InChI=1S/C20H26N2O/c1-4-16-5-9-18(10-6-16)21-14-13-20(23)22-19-11-7-17(8-12-19)15(2)3/h5-12,15,21H,4,13-14H2,1-3H3,(H,22,23). The van der Waals surface area contributed by atoms with E-state index in [4.69, 9.17) is 0 Å². The van der Waals surface area contributed by atoms with Crippen molar-refractivity contribution in [2.24, 2.45) is 0 Å². The highest BCUT2D eigenvalue weighted by molar-refractivity contribution is 5.91. The topological polar surface area (TPSA) is 41.1 Å². The molecule has 0 aliphatic rings. The van der Waals surface area contributed by atoms with Crippen molar-refractivity contribution in [1.82, 2.24) is 0 Å². The van der Waals surface area contributed by atoms with Gasteiger partial charge in [0.15, 0.2) is 0 Å². The van der Waals surface area contributed by atoms with Crippen LogP contribution in [0.4, 0.5) is 11.4 Å². The van der Waals surface area contributed by atoms with E-state index in [1.165, 1.54) is 11.1 Å². The third kappa shape index (κ3) is 5.44. The van der Waals surface area contributed by atoms with E-state index in [1.807, 2.05) is 12.1 Å². The van der Waals surface area contributed by atoms with Crippen LogP contribution in [0.3, 0.4) is 0 Å². The first-order valence-electron chi connectivity index (χ1n) is 8.31. The van der Waals surface area contributed by atoms with E-state index in [0.29, 0.717) is 18.9 Å². The van der Waals surface area contributed by atoms with Crippen molar-refractivity contribution in [3.8, 4) is 0 Å². The predicted octanol–water partition coefficient (Wildman–Crippen LogP) is 4.81. The molecule has 3 nitrogen and oxygen atoms in total. The highest BCUT2D eigenvalue weighted by atomic mass is 16.1. The average molecular weight is 310 g/mol. The molecule has 0 saturated carbocycles. The number of carbonyl (C=O) groups excluding carboxylic acids is 1. The van der Waals surface area contributed by atoms with Crippen LogP contribution in [0.1, 0.15) is 44.2 Å². The van der Waals surface area contributed by atoms with E-state index in [-0.39, 0.29) is 5.91 Å². The summed E-state index contributed by atoms with van der Waals surface area (Å²) in [7, 11) is 0. The minimum atomic E-state index is 0.0278. The molecule has 1 amide bonds. The second kappa shape index (κ2) is 8.37. The monoisotopic (exact) mass is 310 g/mol. The molecule has 0 aliphatic heterocycles. The SMILES string of the molecule is CCc1ccc(NCCC(=O)Nc2ccc(C(C)C)cc2)cc1. The molecule has 2 rings (SSSR count). The van der Waals surface area contributed by atoms with Gasteiger partial charge in [0.05, 0.1) is 0 Å². The molecule has 0 unspecified atom stereocenters. The number of carbonyl (C=O) groups is 1. The van der Waals surface area contributed by atoms with Crippen molar-refractivity contribution < 1.29 is 4.79 Å². The molecule has 3 heteroatoms. The van der Waals surface area contributed by atoms with Crippen LogP contribution in [0.2, 0.25) is 0 Å². The molecular weight excluding hydrogens is 284 g/mol. The van der Waals surface area contributed by atoms with Crippen molar-refractivity contribution in [1.29, 1.82) is 0 Å². The highest BCUT2D eigenvalue weighted by Gasteiger charge is 2.03. The van der Waals surface area contributed by atoms with E-state index in [2.05, 4.69) is 67.8 Å². The third-order valence-electron chi connectivity index (χ3n) is 3.90. The highest BCUT2D eigenvalue weighted by Crippen LogP contribution is 2.17. The summed E-state index contributed by atoms with van der Waals surface area (Å²) in [6.45, 7) is 7.08. The molecule has 0 bridgehead atoms. The lowest BCUT2D eigenvalue weighted by Crippen LogP contribution is -2.16. The Bertz CT molecular complexity index is 615. The molecule has 0 fully saturated rings. The zero-order valence-corrected chi connectivity index (χ0v) is 14.2. The number of benzene rings is 2. The maximum atomic E-state index is 12.0. The van der Waals surface area contributed by atoms with Gasteiger partial charge in [-0.2, -0.15) is 0 Å². The lowest BCUT2D eigenvalue weighted by Gasteiger charge is -2.09. The number of hydrogen-bond donors (Lipinski definition) is 2. The molecule has 2 aromatic rings. The lowest BCUT2D eigenvalue weighted by atomic mass is 10.0. The Morgan fingerprint density at radius 2 is 1.57 bits per heavy atom. The number of aryl methyl sites for hydroxylation is 1. The van der Waals surface area contributed by atoms with Gasteiger partial charge < -0.3 is 10.6 Å². The zero-order chi connectivity index (χ0) is 16.7. The minimum absolute atomic E-state index is 0.0278. The number of anilines is 2. The van der Waals surface area contributed by atoms with E-state index in [1.54, 1.807) is 0 Å². The van der Waals surface area contributed by atoms with Gasteiger partial charge in [-0.25, -0.2) is 0 Å². The Hall–Kier alpha value is -2.29. The molecule has 0 radical (unpaired) electrons. The molecule has 122 valence electrons. The largest absolute Gasteiger partial charge is 0.385 e. The van der Waals surface area contributed by atoms with Crippen molar-refractivity contribution in [3.63, 3.8) is 0 Å². The lowest BCUT2D eigenvalue weighted by molar-refractivity contribution is -0.115. The molecule has 2 aromatic carbocycles. The van der Waals surface area contributed by atoms with E-state index >= 15 is 0 Å². The van der Waals surface area contributed by atoms with Gasteiger partial charge in [-0.15, -0.1) is 0 Å². The second-order valence-corrected chi connectivity index (χ2v) is 6.05. The summed E-state index contributed by atoms with van der Waals surface area (Å²) in [5.41, 5.74) is 4.50. The van der Waals surface area contributed by atoms with Gasteiger partial charge in [0.1, 0.15) is 0 Å². The molecular formula is C20H26N2O. The number of rotatable bonds is 7. The normalized spacial score (nSPS) is 10.6. The van der Waals surface area contributed by atoms with E-state index < -0.39 is 0 Å². The van der Waals surface area contributed by atoms with Gasteiger partial charge >= 0.3 is 0 Å². The van der Waals surface area contributed by atoms with Crippen LogP contribution in [0.25, 0.3) is 0 Å². The van der Waals surface area contributed by atoms with E-state index in [0.717, 1.165) is 17.8 Å². The fourth-order valence-electron chi connectivity index (χ4n) is 2.35. The summed E-state index contributed by atoms with van der Waals surface area (Å²) in [6.07, 6.45) is 1.49. The summed E-state index contributed by atoms with van der Waals surface area (Å²) >= 11 is 0. The van der Waals surface area contributed by atoms with Gasteiger partial charge in [-0.3, -0.25) is 4.79 Å². The van der Waals surface area contributed by atoms with Crippen LogP contribution >= 0.6 is 0 Å². The number of amides is 1. The van der Waals surface area contributed by atoms with Crippen LogP contribution in [0.5, 0.6) is 0 Å². The first-order chi connectivity index (χ1) is 11.1. The Balaban J connectivity index is 1.76. The quantitative estimate of drug-likeness (QED) is 0.770. The fraction of sp³-hybridized carbons (Fsp3) is 0.350. The molecule has 2 N–H and O–H groups in total. The van der Waals surface area contributed by atoms with Gasteiger partial charge in [-0.05, 0) is 47.7 Å². The third-order valence-corrected chi connectivity index (χ3v) is 3.90. The Morgan fingerprint density at radius 1 is 0.957 bits per heavy atom. The van der Waals surface area contributed by atoms with Crippen molar-refractivity contribution in [2.45, 2.75) is 39.5 Å². The minimum Gasteiger partial charge on any atom is -0.385 e. The summed E-state index contributed by atoms with van der Waals surface area (Å²) in [5.74, 6) is 0.531. The van der Waals surface area contributed by atoms with Gasteiger partial charge in [0.25, 0.3) is 0 Å². The summed E-state index contributed by atoms with van der Waals surface area (Å²) in [6, 6.07) is 16.4. The first kappa shape index (κ1) is 17.1. The Labute approximate surface area is 139 Å². The van der Waals surface area contributed by atoms with Crippen LogP contribution in [0, 0.1) is 0 Å². The van der Waals surface area contributed by atoms with Crippen LogP contribution in [-0.2, 0) is 11.2 Å². The first-order valence-corrected chi connectivity index (χ1v) is 8.31. The Morgan fingerprint density at radius 3 is 2.13 bits per heavy atom. The maximum Gasteiger partial charge on any atom is 0.226 e. The van der Waals surface area contributed by atoms with Crippen LogP contribution in [0.15, 0.2) is 48.5 Å². The van der Waals surface area contributed by atoms with Gasteiger partial charge in [0, 0.05) is 24.3 Å². The van der Waals surface area contributed by atoms with Crippen molar-refractivity contribution >= 4 is 17.3 Å². The summed E-state index contributed by atoms with van der Waals surface area (Å²) in [4.78, 5) is 12.0. The summed E-state index contributed by atoms with van der Waals surface area (Å²) < 4.78 is 0. The molecule has 0 saturated heterocycles. The maximum absolute atomic E-state index is 12.0. The number of hydrogen-bond acceptors (Lipinski definition) is 2. The van der Waals surface area contributed by atoms with Gasteiger partial charge in [0.2, 0.25) is 5.91 Å². The second-order valence-electron chi connectivity index (χ2n) is 6.05. The molecule has 23 heavy (non-hydrogen) atoms. The molecule has 0 atom stereocenters. The molecule has 0 heterocycles. The molecule has 0 aliphatic carbocycles. The fourth-order valence-corrected chi connectivity index (χ4v) is 2.35. The summed E-state index contributed by atoms with van der Waals surface area (Å²) in [5, 5.41) is 6.21. The van der Waals surface area contributed by atoms with Crippen molar-refractivity contribution in [2.75, 3.05) is 17.2 Å². The average Bonchev–Trinajstić information content (AvgIpc) is 2.56.